The lowest BCUT2D eigenvalue weighted by Gasteiger charge is -2.18. The molecule has 1 unspecified atom stereocenters. The number of hydrogen-bond donors (Lipinski definition) is 2. The van der Waals surface area contributed by atoms with Crippen LogP contribution in [0.3, 0.4) is 0 Å². The second-order valence-corrected chi connectivity index (χ2v) is 4.10. The van der Waals surface area contributed by atoms with E-state index in [0.29, 0.717) is 30.0 Å². The molecule has 0 amide bonds. The zero-order valence-corrected chi connectivity index (χ0v) is 12.0. The molecular formula is C14H21NO5. The third kappa shape index (κ3) is 4.11. The minimum atomic E-state index is -0.605. The zero-order chi connectivity index (χ0) is 15.0. The van der Waals surface area contributed by atoms with Crippen LogP contribution in [0.25, 0.3) is 0 Å². The lowest BCUT2D eigenvalue weighted by Crippen LogP contribution is -2.30. The molecule has 6 nitrogen and oxygen atoms in total. The number of benzene rings is 1. The van der Waals surface area contributed by atoms with Gasteiger partial charge in [-0.05, 0) is 30.7 Å². The molecule has 0 aromatic heterocycles. The molecule has 0 spiro atoms. The van der Waals surface area contributed by atoms with E-state index in [2.05, 4.69) is 5.32 Å². The molecule has 1 aromatic carbocycles. The van der Waals surface area contributed by atoms with Crippen molar-refractivity contribution in [2.45, 2.75) is 12.5 Å². The molecule has 0 bridgehead atoms. The standard InChI is InChI=1S/C14H21NO5/c1-18-11-6-5-10(9-12(11)19-2)13(14(17)20-3)15-7-4-8-16/h5-6,9,13,15-16H,4,7-8H2,1-3H3. The average Bonchev–Trinajstić information content (AvgIpc) is 2.50. The van der Waals surface area contributed by atoms with Gasteiger partial charge in [0.15, 0.2) is 11.5 Å². The van der Waals surface area contributed by atoms with E-state index < -0.39 is 12.0 Å². The Morgan fingerprint density at radius 2 is 1.95 bits per heavy atom. The molecule has 20 heavy (non-hydrogen) atoms. The quantitative estimate of drug-likeness (QED) is 0.545. The Balaban J connectivity index is 2.97. The van der Waals surface area contributed by atoms with E-state index in [1.165, 1.54) is 14.2 Å². The van der Waals surface area contributed by atoms with E-state index in [1.807, 2.05) is 0 Å². The van der Waals surface area contributed by atoms with Crippen molar-refractivity contribution in [2.24, 2.45) is 0 Å². The van der Waals surface area contributed by atoms with Crippen molar-refractivity contribution in [3.63, 3.8) is 0 Å². The Hall–Kier alpha value is -1.79. The summed E-state index contributed by atoms with van der Waals surface area (Å²) >= 11 is 0. The van der Waals surface area contributed by atoms with Crippen LogP contribution in [0.15, 0.2) is 18.2 Å². The summed E-state index contributed by atoms with van der Waals surface area (Å²) in [5.41, 5.74) is 0.715. The third-order valence-corrected chi connectivity index (χ3v) is 2.86. The van der Waals surface area contributed by atoms with Crippen molar-refractivity contribution in [1.29, 1.82) is 0 Å². The predicted octanol–water partition coefficient (Wildman–Crippen LogP) is 0.890. The topological polar surface area (TPSA) is 77.0 Å². The Kier molecular flexibility index (Phi) is 6.83. The molecule has 0 heterocycles. The Bertz CT molecular complexity index is 436. The van der Waals surface area contributed by atoms with Crippen LogP contribution in [-0.4, -0.2) is 45.6 Å². The van der Waals surface area contributed by atoms with Crippen molar-refractivity contribution < 1.29 is 24.1 Å². The number of esters is 1. The van der Waals surface area contributed by atoms with Gasteiger partial charge in [-0.15, -0.1) is 0 Å². The molecule has 0 saturated heterocycles. The van der Waals surface area contributed by atoms with Gasteiger partial charge in [0.25, 0.3) is 0 Å². The van der Waals surface area contributed by atoms with Crippen molar-refractivity contribution in [1.82, 2.24) is 5.32 Å². The molecule has 0 fully saturated rings. The summed E-state index contributed by atoms with van der Waals surface area (Å²) < 4.78 is 15.2. The first-order chi connectivity index (χ1) is 9.67. The highest BCUT2D eigenvalue weighted by atomic mass is 16.5. The third-order valence-electron chi connectivity index (χ3n) is 2.86. The van der Waals surface area contributed by atoms with E-state index in [1.54, 1.807) is 25.3 Å². The monoisotopic (exact) mass is 283 g/mol. The van der Waals surface area contributed by atoms with Crippen molar-refractivity contribution in [3.05, 3.63) is 23.8 Å². The molecular weight excluding hydrogens is 262 g/mol. The van der Waals surface area contributed by atoms with Gasteiger partial charge in [-0.25, -0.2) is 4.79 Å². The highest BCUT2D eigenvalue weighted by Gasteiger charge is 2.22. The van der Waals surface area contributed by atoms with Crippen LogP contribution in [0.5, 0.6) is 11.5 Å². The van der Waals surface area contributed by atoms with Crippen LogP contribution in [0.4, 0.5) is 0 Å². The van der Waals surface area contributed by atoms with E-state index >= 15 is 0 Å². The molecule has 0 aliphatic rings. The molecule has 1 atom stereocenters. The van der Waals surface area contributed by atoms with Gasteiger partial charge >= 0.3 is 5.97 Å². The van der Waals surface area contributed by atoms with E-state index in [4.69, 9.17) is 19.3 Å². The predicted molar refractivity (Wildman–Crippen MR) is 74.0 cm³/mol. The minimum Gasteiger partial charge on any atom is -0.493 e. The molecule has 112 valence electrons. The van der Waals surface area contributed by atoms with E-state index in [0.717, 1.165) is 0 Å². The number of aliphatic hydroxyl groups excluding tert-OH is 1. The number of rotatable bonds is 8. The summed E-state index contributed by atoms with van der Waals surface area (Å²) in [6.07, 6.45) is 0.556. The fourth-order valence-corrected chi connectivity index (χ4v) is 1.81. The highest BCUT2D eigenvalue weighted by Crippen LogP contribution is 2.30. The average molecular weight is 283 g/mol. The molecule has 2 N–H and O–H groups in total. The van der Waals surface area contributed by atoms with Crippen LogP contribution in [0, 0.1) is 0 Å². The maximum atomic E-state index is 11.8. The van der Waals surface area contributed by atoms with E-state index in [9.17, 15) is 4.79 Å². The van der Waals surface area contributed by atoms with Crippen LogP contribution in [0.2, 0.25) is 0 Å². The van der Waals surface area contributed by atoms with Crippen molar-refractivity contribution >= 4 is 5.97 Å². The SMILES string of the molecule is COC(=O)C(NCCCO)c1ccc(OC)c(OC)c1. The Labute approximate surface area is 118 Å². The zero-order valence-electron chi connectivity index (χ0n) is 12.0. The summed E-state index contributed by atoms with van der Waals surface area (Å²) in [4.78, 5) is 11.8. The van der Waals surface area contributed by atoms with Crippen molar-refractivity contribution in [3.8, 4) is 11.5 Å². The normalized spacial score (nSPS) is 11.8. The van der Waals surface area contributed by atoms with Gasteiger partial charge < -0.3 is 24.6 Å². The van der Waals surface area contributed by atoms with Crippen LogP contribution >= 0.6 is 0 Å². The van der Waals surface area contributed by atoms with Gasteiger partial charge in [-0.3, -0.25) is 0 Å². The first-order valence-corrected chi connectivity index (χ1v) is 6.32. The smallest absolute Gasteiger partial charge is 0.327 e. The Morgan fingerprint density at radius 3 is 2.50 bits per heavy atom. The lowest BCUT2D eigenvalue weighted by molar-refractivity contribution is -0.143. The maximum absolute atomic E-state index is 11.8. The van der Waals surface area contributed by atoms with Crippen LogP contribution in [-0.2, 0) is 9.53 Å². The molecule has 0 saturated carbocycles. The number of ether oxygens (including phenoxy) is 3. The largest absolute Gasteiger partial charge is 0.493 e. The summed E-state index contributed by atoms with van der Waals surface area (Å²) in [6, 6.07) is 4.63. The summed E-state index contributed by atoms with van der Waals surface area (Å²) in [5, 5.41) is 11.8. The second kappa shape index (κ2) is 8.39. The number of aliphatic hydroxyl groups is 1. The van der Waals surface area contributed by atoms with Crippen LogP contribution < -0.4 is 14.8 Å². The summed E-state index contributed by atoms with van der Waals surface area (Å²) in [6.45, 7) is 0.567. The fraction of sp³-hybridized carbons (Fsp3) is 0.500. The van der Waals surface area contributed by atoms with Gasteiger partial charge in [0.05, 0.1) is 21.3 Å². The number of nitrogens with one attached hydrogen (secondary N) is 1. The number of carbonyl (C=O) groups is 1. The molecule has 0 aliphatic heterocycles. The molecule has 1 rings (SSSR count). The summed E-state index contributed by atoms with van der Waals surface area (Å²) in [7, 11) is 4.42. The molecule has 1 aromatic rings. The van der Waals surface area contributed by atoms with Gasteiger partial charge in [-0.1, -0.05) is 6.07 Å². The van der Waals surface area contributed by atoms with Gasteiger partial charge in [0.1, 0.15) is 6.04 Å². The van der Waals surface area contributed by atoms with Crippen LogP contribution in [0.1, 0.15) is 18.0 Å². The highest BCUT2D eigenvalue weighted by molar-refractivity contribution is 5.77. The Morgan fingerprint density at radius 1 is 1.25 bits per heavy atom. The first kappa shape index (κ1) is 16.3. The number of methoxy groups -OCH3 is 3. The number of hydrogen-bond acceptors (Lipinski definition) is 6. The number of carbonyl (C=O) groups excluding carboxylic acids is 1. The maximum Gasteiger partial charge on any atom is 0.327 e. The summed E-state index contributed by atoms with van der Waals surface area (Å²) in [5.74, 6) is 0.744. The molecule has 6 heteroatoms. The molecule has 0 aliphatic carbocycles. The molecule has 0 radical (unpaired) electrons. The van der Waals surface area contributed by atoms with E-state index in [-0.39, 0.29) is 6.61 Å². The van der Waals surface area contributed by atoms with Gasteiger partial charge in [-0.2, -0.15) is 0 Å². The minimum absolute atomic E-state index is 0.0623. The van der Waals surface area contributed by atoms with Gasteiger partial charge in [0, 0.05) is 6.61 Å². The second-order valence-electron chi connectivity index (χ2n) is 4.10. The lowest BCUT2D eigenvalue weighted by atomic mass is 10.1. The van der Waals surface area contributed by atoms with Gasteiger partial charge in [0.2, 0.25) is 0 Å². The fourth-order valence-electron chi connectivity index (χ4n) is 1.81. The van der Waals surface area contributed by atoms with Crippen molar-refractivity contribution in [2.75, 3.05) is 34.5 Å². The first-order valence-electron chi connectivity index (χ1n) is 6.32.